The first-order chi connectivity index (χ1) is 10.8. The second-order valence-corrected chi connectivity index (χ2v) is 5.61. The molecule has 0 amide bonds. The first-order valence-electron chi connectivity index (χ1n) is 7.02. The van der Waals surface area contributed by atoms with E-state index in [9.17, 15) is 4.79 Å². The molecule has 5 heteroatoms. The lowest BCUT2D eigenvalue weighted by molar-refractivity contribution is 0.104. The van der Waals surface area contributed by atoms with Crippen molar-refractivity contribution in [2.24, 2.45) is 0 Å². The molecule has 2 aromatic heterocycles. The number of ketones is 1. The Morgan fingerprint density at radius 3 is 2.86 bits per heavy atom. The molecule has 3 aromatic rings. The molecule has 2 heterocycles. The predicted molar refractivity (Wildman–Crippen MR) is 88.8 cm³/mol. The molecule has 0 saturated carbocycles. The van der Waals surface area contributed by atoms with E-state index in [0.29, 0.717) is 5.56 Å². The van der Waals surface area contributed by atoms with Gasteiger partial charge in [-0.3, -0.25) is 9.48 Å². The Hall–Kier alpha value is -2.53. The highest BCUT2D eigenvalue weighted by molar-refractivity contribution is 7.10. The molecule has 110 valence electrons. The van der Waals surface area contributed by atoms with Gasteiger partial charge < -0.3 is 0 Å². The summed E-state index contributed by atoms with van der Waals surface area (Å²) in [5, 5.41) is 6.91. The molecule has 0 aliphatic carbocycles. The summed E-state index contributed by atoms with van der Waals surface area (Å²) in [6.07, 6.45) is 6.64. The molecule has 0 N–H and O–H groups in total. The van der Waals surface area contributed by atoms with Crippen LogP contribution in [-0.2, 0) is 6.54 Å². The van der Waals surface area contributed by atoms with Gasteiger partial charge in [-0.05, 0) is 19.1 Å². The molecule has 0 saturated heterocycles. The molecule has 0 spiro atoms. The number of allylic oxidation sites excluding steroid dienone is 1. The summed E-state index contributed by atoms with van der Waals surface area (Å²) >= 11 is 1.52. The van der Waals surface area contributed by atoms with Crippen molar-refractivity contribution in [1.82, 2.24) is 14.8 Å². The van der Waals surface area contributed by atoms with Crippen molar-refractivity contribution in [2.45, 2.75) is 13.5 Å². The van der Waals surface area contributed by atoms with E-state index >= 15 is 0 Å². The number of aromatic nitrogens is 3. The Morgan fingerprint density at radius 1 is 1.32 bits per heavy atom. The van der Waals surface area contributed by atoms with E-state index in [-0.39, 0.29) is 5.78 Å². The number of aryl methyl sites for hydroxylation is 1. The standard InChI is InChI=1S/C17H15N3OS/c1-2-20-11-14(10-18-20)16(21)8-9-17-19-15(12-22-17)13-6-4-3-5-7-13/h3-12H,2H2,1H3/b9-8-. The molecule has 1 aromatic carbocycles. The average Bonchev–Trinajstić information content (AvgIpc) is 3.22. The molecule has 0 atom stereocenters. The van der Waals surface area contributed by atoms with Crippen LogP contribution in [0.15, 0.2) is 54.2 Å². The summed E-state index contributed by atoms with van der Waals surface area (Å²) in [4.78, 5) is 16.6. The van der Waals surface area contributed by atoms with E-state index in [1.54, 1.807) is 29.2 Å². The molecular formula is C17H15N3OS. The average molecular weight is 309 g/mol. The van der Waals surface area contributed by atoms with Gasteiger partial charge in [-0.25, -0.2) is 4.98 Å². The zero-order valence-electron chi connectivity index (χ0n) is 12.1. The van der Waals surface area contributed by atoms with Crippen LogP contribution in [0, 0.1) is 0 Å². The highest BCUT2D eigenvalue weighted by Crippen LogP contribution is 2.22. The summed E-state index contributed by atoms with van der Waals surface area (Å²) < 4.78 is 1.73. The first kappa shape index (κ1) is 14.4. The van der Waals surface area contributed by atoms with Gasteiger partial charge in [0.2, 0.25) is 0 Å². The van der Waals surface area contributed by atoms with Gasteiger partial charge in [0, 0.05) is 23.7 Å². The SMILES string of the molecule is CCn1cc(C(=O)/C=C\c2nc(-c3ccccc3)cs2)cn1. The van der Waals surface area contributed by atoms with E-state index < -0.39 is 0 Å². The summed E-state index contributed by atoms with van der Waals surface area (Å²) in [6.45, 7) is 2.74. The lowest BCUT2D eigenvalue weighted by atomic mass is 10.2. The van der Waals surface area contributed by atoms with Crippen LogP contribution in [0.1, 0.15) is 22.3 Å². The van der Waals surface area contributed by atoms with E-state index in [1.165, 1.54) is 11.3 Å². The Labute approximate surface area is 132 Å². The maximum absolute atomic E-state index is 12.1. The number of nitrogens with zero attached hydrogens (tertiary/aromatic N) is 3. The molecule has 22 heavy (non-hydrogen) atoms. The van der Waals surface area contributed by atoms with Crippen LogP contribution < -0.4 is 0 Å². The lowest BCUT2D eigenvalue weighted by Crippen LogP contribution is -1.94. The molecule has 4 nitrogen and oxygen atoms in total. The third-order valence-electron chi connectivity index (χ3n) is 3.21. The van der Waals surface area contributed by atoms with Crippen molar-refractivity contribution >= 4 is 23.2 Å². The minimum absolute atomic E-state index is 0.0591. The van der Waals surface area contributed by atoms with Crippen molar-refractivity contribution in [3.05, 3.63) is 64.8 Å². The van der Waals surface area contributed by atoms with Crippen molar-refractivity contribution < 1.29 is 4.79 Å². The highest BCUT2D eigenvalue weighted by atomic mass is 32.1. The Morgan fingerprint density at radius 2 is 2.14 bits per heavy atom. The highest BCUT2D eigenvalue weighted by Gasteiger charge is 2.06. The minimum atomic E-state index is -0.0591. The zero-order valence-corrected chi connectivity index (χ0v) is 13.0. The fraction of sp³-hybridized carbons (Fsp3) is 0.118. The van der Waals surface area contributed by atoms with Gasteiger partial charge in [-0.15, -0.1) is 11.3 Å². The van der Waals surface area contributed by atoms with Crippen molar-refractivity contribution in [1.29, 1.82) is 0 Å². The lowest BCUT2D eigenvalue weighted by Gasteiger charge is -1.93. The molecular weight excluding hydrogens is 294 g/mol. The second kappa shape index (κ2) is 6.49. The summed E-state index contributed by atoms with van der Waals surface area (Å²) in [5.41, 5.74) is 2.60. The zero-order chi connectivity index (χ0) is 15.4. The Balaban J connectivity index is 1.73. The fourth-order valence-corrected chi connectivity index (χ4v) is 2.73. The van der Waals surface area contributed by atoms with E-state index in [2.05, 4.69) is 10.1 Å². The van der Waals surface area contributed by atoms with Crippen LogP contribution in [0.4, 0.5) is 0 Å². The van der Waals surface area contributed by atoms with Crippen molar-refractivity contribution in [3.63, 3.8) is 0 Å². The van der Waals surface area contributed by atoms with Gasteiger partial charge in [0.25, 0.3) is 0 Å². The summed E-state index contributed by atoms with van der Waals surface area (Å²) in [7, 11) is 0. The fourth-order valence-electron chi connectivity index (χ4n) is 2.01. The molecule has 0 bridgehead atoms. The van der Waals surface area contributed by atoms with Crippen LogP contribution in [0.5, 0.6) is 0 Å². The molecule has 0 radical (unpaired) electrons. The number of hydrogen-bond donors (Lipinski definition) is 0. The maximum atomic E-state index is 12.1. The number of thiazole rings is 1. The van der Waals surface area contributed by atoms with Gasteiger partial charge >= 0.3 is 0 Å². The monoisotopic (exact) mass is 309 g/mol. The number of carbonyl (C=O) groups is 1. The molecule has 0 fully saturated rings. The van der Waals surface area contributed by atoms with Gasteiger partial charge in [0.15, 0.2) is 5.78 Å². The number of carbonyl (C=O) groups excluding carboxylic acids is 1. The van der Waals surface area contributed by atoms with Crippen LogP contribution in [0.3, 0.4) is 0 Å². The number of benzene rings is 1. The predicted octanol–water partition coefficient (Wildman–Crippen LogP) is 3.92. The molecule has 0 unspecified atom stereocenters. The third kappa shape index (κ3) is 3.20. The van der Waals surface area contributed by atoms with Crippen LogP contribution in [0.25, 0.3) is 17.3 Å². The summed E-state index contributed by atoms with van der Waals surface area (Å²) in [5.74, 6) is -0.0591. The summed E-state index contributed by atoms with van der Waals surface area (Å²) in [6, 6.07) is 9.99. The van der Waals surface area contributed by atoms with Crippen LogP contribution in [0.2, 0.25) is 0 Å². The Kier molecular flexibility index (Phi) is 4.25. The maximum Gasteiger partial charge on any atom is 0.189 e. The van der Waals surface area contributed by atoms with Gasteiger partial charge in [0.05, 0.1) is 17.5 Å². The number of hydrogen-bond acceptors (Lipinski definition) is 4. The molecule has 3 rings (SSSR count). The first-order valence-corrected chi connectivity index (χ1v) is 7.90. The largest absolute Gasteiger partial charge is 0.289 e. The minimum Gasteiger partial charge on any atom is -0.289 e. The number of rotatable bonds is 5. The van der Waals surface area contributed by atoms with Crippen molar-refractivity contribution in [3.8, 4) is 11.3 Å². The normalized spacial score (nSPS) is 11.1. The van der Waals surface area contributed by atoms with E-state index in [4.69, 9.17) is 0 Å². The van der Waals surface area contributed by atoms with E-state index in [1.807, 2.05) is 42.6 Å². The molecule has 0 aliphatic heterocycles. The topological polar surface area (TPSA) is 47.8 Å². The van der Waals surface area contributed by atoms with Crippen LogP contribution >= 0.6 is 11.3 Å². The van der Waals surface area contributed by atoms with E-state index in [0.717, 1.165) is 22.8 Å². The van der Waals surface area contributed by atoms with Crippen LogP contribution in [-0.4, -0.2) is 20.5 Å². The van der Waals surface area contributed by atoms with Gasteiger partial charge in [-0.2, -0.15) is 5.10 Å². The van der Waals surface area contributed by atoms with Crippen molar-refractivity contribution in [2.75, 3.05) is 0 Å². The quantitative estimate of drug-likeness (QED) is 0.530. The van der Waals surface area contributed by atoms with Gasteiger partial charge in [0.1, 0.15) is 5.01 Å². The molecule has 0 aliphatic rings. The Bertz CT molecular complexity index is 802. The third-order valence-corrected chi connectivity index (χ3v) is 4.02. The second-order valence-electron chi connectivity index (χ2n) is 4.72. The van der Waals surface area contributed by atoms with Gasteiger partial charge in [-0.1, -0.05) is 30.3 Å². The smallest absolute Gasteiger partial charge is 0.189 e.